The van der Waals surface area contributed by atoms with E-state index in [0.29, 0.717) is 5.01 Å². The fraction of sp³-hybridized carbons (Fsp3) is 0.286. The molecule has 0 saturated carbocycles. The second kappa shape index (κ2) is 7.53. The monoisotopic (exact) mass is 346 g/mol. The van der Waals surface area contributed by atoms with Gasteiger partial charge in [0.15, 0.2) is 17.5 Å². The highest BCUT2D eigenvalue weighted by atomic mass is 32.1. The van der Waals surface area contributed by atoms with E-state index < -0.39 is 36.0 Å². The highest BCUT2D eigenvalue weighted by Crippen LogP contribution is 2.20. The van der Waals surface area contributed by atoms with E-state index in [2.05, 4.69) is 10.3 Å². The summed E-state index contributed by atoms with van der Waals surface area (Å²) in [6.07, 6.45) is 0. The van der Waals surface area contributed by atoms with Crippen LogP contribution in [-0.4, -0.2) is 29.7 Å². The minimum absolute atomic E-state index is 0.0866. The molecule has 0 radical (unpaired) electrons. The van der Waals surface area contributed by atoms with Gasteiger partial charge >= 0.3 is 0 Å². The van der Waals surface area contributed by atoms with Crippen LogP contribution in [0.15, 0.2) is 17.5 Å². The third-order valence-electron chi connectivity index (χ3n) is 2.95. The van der Waals surface area contributed by atoms with Crippen molar-refractivity contribution in [1.29, 1.82) is 0 Å². The van der Waals surface area contributed by atoms with Crippen molar-refractivity contribution in [2.75, 3.05) is 13.7 Å². The van der Waals surface area contributed by atoms with Crippen molar-refractivity contribution in [1.82, 2.24) is 10.3 Å². The molecule has 1 amide bonds. The van der Waals surface area contributed by atoms with Crippen LogP contribution in [0.3, 0.4) is 0 Å². The lowest BCUT2D eigenvalue weighted by Gasteiger charge is -2.16. The topological polar surface area (TPSA) is 71.5 Å². The molecule has 1 atom stereocenters. The van der Waals surface area contributed by atoms with Crippen molar-refractivity contribution in [3.63, 3.8) is 0 Å². The van der Waals surface area contributed by atoms with Gasteiger partial charge in [0, 0.05) is 12.5 Å². The third-order valence-corrected chi connectivity index (χ3v) is 3.77. The van der Waals surface area contributed by atoms with E-state index in [4.69, 9.17) is 4.74 Å². The van der Waals surface area contributed by atoms with Gasteiger partial charge in [0.05, 0.1) is 19.3 Å². The number of hydrogen-bond acceptors (Lipinski definition) is 5. The van der Waals surface area contributed by atoms with Crippen LogP contribution in [0, 0.1) is 17.5 Å². The number of methoxy groups -OCH3 is 1. The van der Waals surface area contributed by atoms with Crippen molar-refractivity contribution >= 4 is 17.2 Å². The van der Waals surface area contributed by atoms with Crippen LogP contribution in [0.4, 0.5) is 13.2 Å². The molecule has 1 heterocycles. The quantitative estimate of drug-likeness (QED) is 0.787. The van der Waals surface area contributed by atoms with Crippen LogP contribution >= 0.6 is 11.3 Å². The average Bonchev–Trinajstić information content (AvgIpc) is 2.98. The van der Waals surface area contributed by atoms with E-state index in [1.807, 2.05) is 0 Å². The van der Waals surface area contributed by atoms with Crippen LogP contribution in [0.2, 0.25) is 0 Å². The van der Waals surface area contributed by atoms with E-state index in [1.165, 1.54) is 23.8 Å². The first kappa shape index (κ1) is 17.4. The van der Waals surface area contributed by atoms with Gasteiger partial charge in [0.1, 0.15) is 10.7 Å². The normalized spacial score (nSPS) is 12.2. The Morgan fingerprint density at radius 2 is 2.04 bits per heavy atom. The number of amides is 1. The second-order valence-electron chi connectivity index (χ2n) is 4.57. The Hall–Kier alpha value is -1.97. The predicted molar refractivity (Wildman–Crippen MR) is 76.4 cm³/mol. The fourth-order valence-corrected chi connectivity index (χ4v) is 2.59. The van der Waals surface area contributed by atoms with Gasteiger partial charge in [-0.3, -0.25) is 4.79 Å². The lowest BCUT2D eigenvalue weighted by Crippen LogP contribution is -2.31. The maximum atomic E-state index is 13.3. The molecule has 0 aliphatic heterocycles. The molecule has 0 aliphatic carbocycles. The van der Waals surface area contributed by atoms with Crippen LogP contribution in [0.5, 0.6) is 0 Å². The highest BCUT2D eigenvalue weighted by Gasteiger charge is 2.20. The smallest absolute Gasteiger partial charge is 0.271 e. The number of rotatable bonds is 6. The number of hydrogen-bond donors (Lipinski definition) is 2. The van der Waals surface area contributed by atoms with Crippen molar-refractivity contribution in [2.45, 2.75) is 12.6 Å². The zero-order chi connectivity index (χ0) is 17.0. The molecule has 124 valence electrons. The Morgan fingerprint density at radius 1 is 1.39 bits per heavy atom. The maximum absolute atomic E-state index is 13.3. The van der Waals surface area contributed by atoms with E-state index in [1.54, 1.807) is 0 Å². The molecule has 0 aliphatic rings. The lowest BCUT2D eigenvalue weighted by molar-refractivity contribution is 0.0911. The van der Waals surface area contributed by atoms with Crippen molar-refractivity contribution in [3.8, 4) is 0 Å². The predicted octanol–water partition coefficient (Wildman–Crippen LogP) is 2.17. The Bertz CT molecular complexity index is 685. The molecular formula is C14H13F3N2O3S. The zero-order valence-electron chi connectivity index (χ0n) is 12.0. The summed E-state index contributed by atoms with van der Waals surface area (Å²) in [5.41, 5.74) is -0.00634. The summed E-state index contributed by atoms with van der Waals surface area (Å²) in [7, 11) is 1.49. The van der Waals surface area contributed by atoms with Gasteiger partial charge in [0.2, 0.25) is 0 Å². The number of ether oxygens (including phenoxy) is 1. The molecule has 1 aromatic carbocycles. The Morgan fingerprint density at radius 3 is 2.61 bits per heavy atom. The third kappa shape index (κ3) is 4.06. The largest absolute Gasteiger partial charge is 0.394 e. The van der Waals surface area contributed by atoms with Crippen LogP contribution < -0.4 is 5.32 Å². The Kier molecular flexibility index (Phi) is 5.69. The van der Waals surface area contributed by atoms with Gasteiger partial charge in [-0.15, -0.1) is 11.3 Å². The van der Waals surface area contributed by atoms with Gasteiger partial charge in [0.25, 0.3) is 5.91 Å². The number of carbonyl (C=O) groups excluding carboxylic acids is 1. The number of halogens is 3. The summed E-state index contributed by atoms with van der Waals surface area (Å²) in [5.74, 6) is -5.04. The molecule has 2 N–H and O–H groups in total. The second-order valence-corrected chi connectivity index (χ2v) is 5.51. The first-order valence-electron chi connectivity index (χ1n) is 6.45. The van der Waals surface area contributed by atoms with E-state index >= 15 is 0 Å². The van der Waals surface area contributed by atoms with Crippen molar-refractivity contribution < 1.29 is 27.8 Å². The maximum Gasteiger partial charge on any atom is 0.271 e. The van der Waals surface area contributed by atoms with Crippen LogP contribution in [0.1, 0.15) is 27.1 Å². The summed E-state index contributed by atoms with van der Waals surface area (Å²) in [4.78, 5) is 16.1. The Balaban J connectivity index is 2.16. The Labute approximate surface area is 133 Å². The molecule has 0 spiro atoms. The van der Waals surface area contributed by atoms with Crippen molar-refractivity contribution in [3.05, 3.63) is 51.2 Å². The number of carbonyl (C=O) groups is 1. The van der Waals surface area contributed by atoms with Crippen molar-refractivity contribution in [2.24, 2.45) is 0 Å². The van der Waals surface area contributed by atoms with Gasteiger partial charge in [-0.1, -0.05) is 0 Å². The standard InChI is InChI=1S/C14H13F3N2O3S/c1-22-5-12-18-11(6-23-12)14(21)19-10(4-20)7-2-8(15)13(17)9(16)3-7/h2-3,6,10,20H,4-5H2,1H3,(H,19,21). The zero-order valence-corrected chi connectivity index (χ0v) is 12.8. The van der Waals surface area contributed by atoms with E-state index in [-0.39, 0.29) is 17.9 Å². The summed E-state index contributed by atoms with van der Waals surface area (Å²) < 4.78 is 44.4. The molecule has 0 bridgehead atoms. The first-order valence-corrected chi connectivity index (χ1v) is 7.33. The molecule has 0 fully saturated rings. The summed E-state index contributed by atoms with van der Waals surface area (Å²) in [6, 6.07) is 0.341. The summed E-state index contributed by atoms with van der Waals surface area (Å²) >= 11 is 1.21. The number of thiazole rings is 1. The molecule has 1 unspecified atom stereocenters. The lowest BCUT2D eigenvalue weighted by atomic mass is 10.1. The van der Waals surface area contributed by atoms with Gasteiger partial charge < -0.3 is 15.2 Å². The number of nitrogens with one attached hydrogen (secondary N) is 1. The molecule has 1 aromatic heterocycles. The molecule has 2 aromatic rings. The first-order chi connectivity index (χ1) is 11.0. The van der Waals surface area contributed by atoms with Gasteiger partial charge in [-0.05, 0) is 17.7 Å². The molecule has 23 heavy (non-hydrogen) atoms. The highest BCUT2D eigenvalue weighted by molar-refractivity contribution is 7.09. The van der Waals surface area contributed by atoms with Crippen LogP contribution in [0.25, 0.3) is 0 Å². The number of nitrogens with zero attached hydrogens (tertiary/aromatic N) is 1. The van der Waals surface area contributed by atoms with Gasteiger partial charge in [-0.25, -0.2) is 18.2 Å². The number of benzene rings is 1. The van der Waals surface area contributed by atoms with Crippen LogP contribution in [-0.2, 0) is 11.3 Å². The number of aliphatic hydroxyl groups is 1. The molecule has 5 nitrogen and oxygen atoms in total. The molecule has 2 rings (SSSR count). The summed E-state index contributed by atoms with van der Waals surface area (Å²) in [5, 5.41) is 13.8. The molecular weight excluding hydrogens is 333 g/mol. The number of aliphatic hydroxyl groups excluding tert-OH is 1. The SMILES string of the molecule is COCc1nc(C(=O)NC(CO)c2cc(F)c(F)c(F)c2)cs1. The fourth-order valence-electron chi connectivity index (χ4n) is 1.85. The average molecular weight is 346 g/mol. The van der Waals surface area contributed by atoms with E-state index in [9.17, 15) is 23.1 Å². The van der Waals surface area contributed by atoms with Gasteiger partial charge in [-0.2, -0.15) is 0 Å². The minimum atomic E-state index is -1.61. The summed E-state index contributed by atoms with van der Waals surface area (Å²) in [6.45, 7) is -0.374. The minimum Gasteiger partial charge on any atom is -0.394 e. The molecule has 9 heteroatoms. The van der Waals surface area contributed by atoms with E-state index in [0.717, 1.165) is 12.1 Å². The number of aromatic nitrogens is 1. The molecule has 0 saturated heterocycles.